The smallest absolute Gasteiger partial charge is 0.303 e. The van der Waals surface area contributed by atoms with Crippen LogP contribution in [0.5, 0.6) is 0 Å². The van der Waals surface area contributed by atoms with Gasteiger partial charge in [-0.15, -0.1) is 0 Å². The highest BCUT2D eigenvalue weighted by Crippen LogP contribution is 2.19. The van der Waals surface area contributed by atoms with Crippen molar-refractivity contribution in [2.24, 2.45) is 5.73 Å². The van der Waals surface area contributed by atoms with Crippen molar-refractivity contribution in [2.75, 3.05) is 0 Å². The molecule has 1 rings (SSSR count). The molecule has 0 spiro atoms. The minimum Gasteiger partial charge on any atom is -0.481 e. The number of carboxylic acid groups (broad SMARTS) is 1. The van der Waals surface area contributed by atoms with Gasteiger partial charge in [0.15, 0.2) is 0 Å². The van der Waals surface area contributed by atoms with E-state index in [4.69, 9.17) is 10.8 Å². The van der Waals surface area contributed by atoms with Gasteiger partial charge in [-0.25, -0.2) is 9.37 Å². The maximum absolute atomic E-state index is 13.1. The third-order valence-electron chi connectivity index (χ3n) is 1.92. The Morgan fingerprint density at radius 1 is 1.60 bits per heavy atom. The molecule has 3 N–H and O–H groups in total. The third-order valence-corrected chi connectivity index (χ3v) is 1.92. The molecule has 0 aromatic carbocycles. The van der Waals surface area contributed by atoms with Gasteiger partial charge in [-0.2, -0.15) is 4.39 Å². The molecule has 0 radical (unpaired) electrons. The fourth-order valence-corrected chi connectivity index (χ4v) is 1.15. The number of nitrogens with zero attached hydrogens (tertiary/aromatic N) is 1. The van der Waals surface area contributed by atoms with Gasteiger partial charge in [0.1, 0.15) is 5.82 Å². The SMILES string of the molecule is NC(CCC(=O)O)c1cc(F)ncc1F. The Morgan fingerprint density at radius 3 is 2.87 bits per heavy atom. The zero-order valence-electron chi connectivity index (χ0n) is 7.78. The van der Waals surface area contributed by atoms with Gasteiger partial charge in [0.05, 0.1) is 6.20 Å². The molecule has 82 valence electrons. The van der Waals surface area contributed by atoms with Gasteiger partial charge < -0.3 is 10.8 Å². The van der Waals surface area contributed by atoms with Crippen molar-refractivity contribution in [3.8, 4) is 0 Å². The van der Waals surface area contributed by atoms with Gasteiger partial charge in [-0.3, -0.25) is 4.79 Å². The molecule has 1 unspecified atom stereocenters. The Hall–Kier alpha value is -1.56. The van der Waals surface area contributed by atoms with Crippen LogP contribution in [-0.2, 0) is 4.79 Å². The van der Waals surface area contributed by atoms with E-state index in [0.717, 1.165) is 12.3 Å². The van der Waals surface area contributed by atoms with Crippen LogP contribution in [0.3, 0.4) is 0 Å². The van der Waals surface area contributed by atoms with Gasteiger partial charge in [0, 0.05) is 24.1 Å². The standard InChI is InChI=1S/C9H10F2N2O2/c10-6-4-13-8(11)3-5(6)7(12)1-2-9(14)15/h3-4,7H,1-2,12H2,(H,14,15). The van der Waals surface area contributed by atoms with E-state index in [1.54, 1.807) is 0 Å². The number of carboxylic acids is 1. The first-order valence-corrected chi connectivity index (χ1v) is 4.29. The summed E-state index contributed by atoms with van der Waals surface area (Å²) in [5, 5.41) is 8.40. The first kappa shape index (κ1) is 11.5. The molecule has 0 saturated heterocycles. The van der Waals surface area contributed by atoms with Crippen molar-refractivity contribution >= 4 is 5.97 Å². The zero-order chi connectivity index (χ0) is 11.4. The van der Waals surface area contributed by atoms with Gasteiger partial charge in [-0.1, -0.05) is 0 Å². The summed E-state index contributed by atoms with van der Waals surface area (Å²) in [6.07, 6.45) is 0.589. The molecule has 1 aromatic heterocycles. The van der Waals surface area contributed by atoms with E-state index in [1.165, 1.54) is 0 Å². The molecule has 0 aliphatic rings. The van der Waals surface area contributed by atoms with Gasteiger partial charge in [0.2, 0.25) is 5.95 Å². The zero-order valence-corrected chi connectivity index (χ0v) is 7.78. The van der Waals surface area contributed by atoms with Gasteiger partial charge in [0.25, 0.3) is 0 Å². The largest absolute Gasteiger partial charge is 0.481 e. The predicted molar refractivity (Wildman–Crippen MR) is 48.0 cm³/mol. The third kappa shape index (κ3) is 3.25. The monoisotopic (exact) mass is 216 g/mol. The lowest BCUT2D eigenvalue weighted by molar-refractivity contribution is -0.137. The van der Waals surface area contributed by atoms with E-state index in [9.17, 15) is 13.6 Å². The Labute approximate surface area is 84.7 Å². The lowest BCUT2D eigenvalue weighted by Gasteiger charge is -2.11. The molecule has 1 heterocycles. The highest BCUT2D eigenvalue weighted by Gasteiger charge is 2.14. The van der Waals surface area contributed by atoms with Crippen LogP contribution >= 0.6 is 0 Å². The number of nitrogens with two attached hydrogens (primary N) is 1. The summed E-state index contributed by atoms with van der Waals surface area (Å²) in [5.41, 5.74) is 5.46. The van der Waals surface area contributed by atoms with Crippen LogP contribution in [0.4, 0.5) is 8.78 Å². The Kier molecular flexibility index (Phi) is 3.68. The van der Waals surface area contributed by atoms with Crippen molar-refractivity contribution < 1.29 is 18.7 Å². The quantitative estimate of drug-likeness (QED) is 0.742. The Morgan fingerprint density at radius 2 is 2.27 bits per heavy atom. The van der Waals surface area contributed by atoms with E-state index in [1.807, 2.05) is 0 Å². The van der Waals surface area contributed by atoms with E-state index >= 15 is 0 Å². The number of halogens is 2. The molecule has 1 aromatic rings. The summed E-state index contributed by atoms with van der Waals surface area (Å²) in [7, 11) is 0. The van der Waals surface area contributed by atoms with Crippen molar-refractivity contribution in [3.63, 3.8) is 0 Å². The Bertz CT molecular complexity index is 371. The van der Waals surface area contributed by atoms with Crippen LogP contribution in [0.25, 0.3) is 0 Å². The molecule has 0 aliphatic heterocycles. The Balaban J connectivity index is 2.76. The molecule has 0 aliphatic carbocycles. The number of aromatic nitrogens is 1. The minimum absolute atomic E-state index is 0.0513. The molecular formula is C9H10F2N2O2. The highest BCUT2D eigenvalue weighted by atomic mass is 19.1. The molecule has 4 nitrogen and oxygen atoms in total. The summed E-state index contributed by atoms with van der Waals surface area (Å²) in [6.45, 7) is 0. The maximum Gasteiger partial charge on any atom is 0.303 e. The fourth-order valence-electron chi connectivity index (χ4n) is 1.15. The van der Waals surface area contributed by atoms with Crippen molar-refractivity contribution in [2.45, 2.75) is 18.9 Å². The van der Waals surface area contributed by atoms with Crippen molar-refractivity contribution in [3.05, 3.63) is 29.6 Å². The molecule has 0 fully saturated rings. The molecule has 15 heavy (non-hydrogen) atoms. The number of rotatable bonds is 4. The highest BCUT2D eigenvalue weighted by molar-refractivity contribution is 5.66. The van der Waals surface area contributed by atoms with Crippen molar-refractivity contribution in [1.29, 1.82) is 0 Å². The minimum atomic E-state index is -1.03. The van der Waals surface area contributed by atoms with E-state index in [2.05, 4.69) is 4.98 Å². The van der Waals surface area contributed by atoms with E-state index in [-0.39, 0.29) is 18.4 Å². The van der Waals surface area contributed by atoms with Crippen LogP contribution < -0.4 is 5.73 Å². The lowest BCUT2D eigenvalue weighted by atomic mass is 10.0. The van der Waals surface area contributed by atoms with Crippen LogP contribution in [0, 0.1) is 11.8 Å². The van der Waals surface area contributed by atoms with Crippen LogP contribution in [-0.4, -0.2) is 16.1 Å². The second kappa shape index (κ2) is 4.79. The fraction of sp³-hybridized carbons (Fsp3) is 0.333. The average Bonchev–Trinajstić information content (AvgIpc) is 2.18. The number of carbonyl (C=O) groups is 1. The topological polar surface area (TPSA) is 76.2 Å². The van der Waals surface area contributed by atoms with Crippen LogP contribution in [0.15, 0.2) is 12.3 Å². The first-order chi connectivity index (χ1) is 7.00. The van der Waals surface area contributed by atoms with Crippen molar-refractivity contribution in [1.82, 2.24) is 4.98 Å². The average molecular weight is 216 g/mol. The van der Waals surface area contributed by atoms with E-state index < -0.39 is 23.8 Å². The second-order valence-electron chi connectivity index (χ2n) is 3.07. The summed E-state index contributed by atoms with van der Waals surface area (Å²) < 4.78 is 25.7. The van der Waals surface area contributed by atoms with Gasteiger partial charge >= 0.3 is 5.97 Å². The summed E-state index contributed by atoms with van der Waals surface area (Å²) >= 11 is 0. The number of hydrogen-bond donors (Lipinski definition) is 2. The number of pyridine rings is 1. The molecule has 0 saturated carbocycles. The summed E-state index contributed by atoms with van der Waals surface area (Å²) in [4.78, 5) is 13.4. The molecule has 0 bridgehead atoms. The maximum atomic E-state index is 13.1. The first-order valence-electron chi connectivity index (χ1n) is 4.29. The molecule has 1 atom stereocenters. The van der Waals surface area contributed by atoms with Gasteiger partial charge in [-0.05, 0) is 6.42 Å². The molecule has 6 heteroatoms. The van der Waals surface area contributed by atoms with E-state index in [0.29, 0.717) is 0 Å². The lowest BCUT2D eigenvalue weighted by Crippen LogP contribution is -2.14. The summed E-state index contributed by atoms with van der Waals surface area (Å²) in [6, 6.07) is 0.0422. The molecular weight excluding hydrogens is 206 g/mol. The van der Waals surface area contributed by atoms with Crippen LogP contribution in [0.1, 0.15) is 24.4 Å². The summed E-state index contributed by atoms with van der Waals surface area (Å²) in [5.74, 6) is -2.59. The predicted octanol–water partition coefficient (Wildman–Crippen LogP) is 1.22. The van der Waals surface area contributed by atoms with Crippen LogP contribution in [0.2, 0.25) is 0 Å². The molecule has 0 amide bonds. The number of aliphatic carboxylic acids is 1. The normalized spacial score (nSPS) is 12.5. The number of hydrogen-bond acceptors (Lipinski definition) is 3. The second-order valence-corrected chi connectivity index (χ2v) is 3.07.